The van der Waals surface area contributed by atoms with Gasteiger partial charge in [-0.25, -0.2) is 13.4 Å². The number of aromatic nitrogens is 2. The van der Waals surface area contributed by atoms with Crippen LogP contribution < -0.4 is 20.7 Å². The number of benzene rings is 2. The van der Waals surface area contributed by atoms with E-state index in [2.05, 4.69) is 30.6 Å². The van der Waals surface area contributed by atoms with E-state index in [0.717, 1.165) is 27.6 Å². The zero-order valence-electron chi connectivity index (χ0n) is 20.0. The second-order valence-corrected chi connectivity index (χ2v) is 11.2. The topological polar surface area (TPSA) is 125 Å². The van der Waals surface area contributed by atoms with Crippen LogP contribution in [0.2, 0.25) is 0 Å². The Bertz CT molecular complexity index is 1470. The van der Waals surface area contributed by atoms with Crippen LogP contribution in [0, 0.1) is 13.8 Å². The van der Waals surface area contributed by atoms with Gasteiger partial charge in [-0.15, -0.1) is 11.3 Å². The van der Waals surface area contributed by atoms with Crippen molar-refractivity contribution >= 4 is 56.1 Å². The first-order valence-electron chi connectivity index (χ1n) is 11.1. The van der Waals surface area contributed by atoms with Crippen molar-refractivity contribution in [1.29, 1.82) is 0 Å². The molecule has 2 aromatic carbocycles. The molecule has 11 heteroatoms. The van der Waals surface area contributed by atoms with Crippen molar-refractivity contribution in [2.75, 3.05) is 15.4 Å². The van der Waals surface area contributed by atoms with E-state index >= 15 is 0 Å². The van der Waals surface area contributed by atoms with Gasteiger partial charge in [-0.2, -0.15) is 4.98 Å². The van der Waals surface area contributed by atoms with Crippen LogP contribution in [-0.4, -0.2) is 24.3 Å². The van der Waals surface area contributed by atoms with Crippen LogP contribution in [0.25, 0.3) is 0 Å². The maximum atomic E-state index is 12.7. The average Bonchev–Trinajstić information content (AvgIpc) is 3.30. The van der Waals surface area contributed by atoms with E-state index in [1.54, 1.807) is 30.3 Å². The number of hydrogen-bond acceptors (Lipinski definition) is 8. The molecule has 4 N–H and O–H groups in total. The third-order valence-corrected chi connectivity index (χ3v) is 7.94. The molecular weight excluding hydrogens is 496 g/mol. The molecule has 4 aromatic rings. The molecule has 0 aliphatic rings. The second kappa shape index (κ2) is 10.8. The lowest BCUT2D eigenvalue weighted by atomic mass is 10.2. The number of rotatable bonds is 9. The molecule has 1 amide bonds. The summed E-state index contributed by atoms with van der Waals surface area (Å²) in [6.45, 7) is 5.62. The molecule has 0 aliphatic heterocycles. The van der Waals surface area contributed by atoms with E-state index < -0.39 is 10.0 Å². The highest BCUT2D eigenvalue weighted by molar-refractivity contribution is 7.94. The highest BCUT2D eigenvalue weighted by atomic mass is 32.2. The van der Waals surface area contributed by atoms with E-state index in [-0.39, 0.29) is 10.1 Å². The third kappa shape index (κ3) is 6.80. The van der Waals surface area contributed by atoms with Gasteiger partial charge in [-0.1, -0.05) is 17.7 Å². The Morgan fingerprint density at radius 1 is 0.861 bits per heavy atom. The molecule has 36 heavy (non-hydrogen) atoms. The number of carbonyl (C=O) groups excluding carboxylic acids is 1. The van der Waals surface area contributed by atoms with E-state index in [1.807, 2.05) is 44.2 Å². The molecule has 0 bridgehead atoms. The van der Waals surface area contributed by atoms with Gasteiger partial charge < -0.3 is 16.0 Å². The first-order valence-corrected chi connectivity index (χ1v) is 13.4. The van der Waals surface area contributed by atoms with Crippen LogP contribution in [0.4, 0.5) is 28.8 Å². The number of aryl methyl sites for hydroxylation is 2. The van der Waals surface area contributed by atoms with E-state index in [1.165, 1.54) is 18.6 Å². The van der Waals surface area contributed by atoms with Crippen LogP contribution in [0.5, 0.6) is 0 Å². The summed E-state index contributed by atoms with van der Waals surface area (Å²) in [5.74, 6) is 0.907. The van der Waals surface area contributed by atoms with E-state index in [4.69, 9.17) is 0 Å². The minimum absolute atomic E-state index is 0.172. The van der Waals surface area contributed by atoms with Crippen molar-refractivity contribution in [2.45, 2.75) is 31.5 Å². The quantitative estimate of drug-likeness (QED) is 0.242. The highest BCUT2D eigenvalue weighted by Crippen LogP contribution is 2.25. The van der Waals surface area contributed by atoms with Crippen molar-refractivity contribution < 1.29 is 13.2 Å². The van der Waals surface area contributed by atoms with E-state index in [9.17, 15) is 13.2 Å². The Kier molecular flexibility index (Phi) is 7.51. The molecular formula is C25H26N6O3S2. The molecule has 2 aromatic heterocycles. The van der Waals surface area contributed by atoms with Gasteiger partial charge in [0.25, 0.3) is 10.0 Å². The number of hydrogen-bond donors (Lipinski definition) is 4. The van der Waals surface area contributed by atoms with Crippen molar-refractivity contribution in [1.82, 2.24) is 15.3 Å². The summed E-state index contributed by atoms with van der Waals surface area (Å²) in [5, 5.41) is 9.09. The lowest BCUT2D eigenvalue weighted by Gasteiger charge is -2.11. The van der Waals surface area contributed by atoms with Gasteiger partial charge in [0.05, 0.1) is 6.54 Å². The Labute approximate surface area is 214 Å². The van der Waals surface area contributed by atoms with Gasteiger partial charge in [0, 0.05) is 40.6 Å². The number of nitrogens with zero attached hydrogens (tertiary/aromatic N) is 2. The fourth-order valence-corrected chi connectivity index (χ4v) is 5.59. The lowest BCUT2D eigenvalue weighted by molar-refractivity contribution is -0.119. The summed E-state index contributed by atoms with van der Waals surface area (Å²) in [6, 6.07) is 19.9. The first kappa shape index (κ1) is 25.1. The van der Waals surface area contributed by atoms with Crippen molar-refractivity contribution in [3.63, 3.8) is 0 Å². The minimum atomic E-state index is -3.74. The summed E-state index contributed by atoms with van der Waals surface area (Å²) in [6.07, 6.45) is 0. The maximum Gasteiger partial charge on any atom is 0.271 e. The van der Waals surface area contributed by atoms with Crippen molar-refractivity contribution in [2.24, 2.45) is 0 Å². The fourth-order valence-electron chi connectivity index (χ4n) is 3.24. The van der Waals surface area contributed by atoms with Gasteiger partial charge in [0.2, 0.25) is 11.9 Å². The summed E-state index contributed by atoms with van der Waals surface area (Å²) in [7, 11) is -3.74. The largest absolute Gasteiger partial charge is 0.351 e. The fraction of sp³-hybridized carbons (Fsp3) is 0.160. The molecule has 0 unspecified atom stereocenters. The van der Waals surface area contributed by atoms with Crippen LogP contribution in [0.3, 0.4) is 0 Å². The average molecular weight is 523 g/mol. The standard InChI is InChI=1S/C25H26N6O3S2/c1-16-4-6-19(7-5-16)28-23-14-17(2)27-25(30-23)29-20-8-10-21(11-9-20)31-36(33,34)24-13-12-22(35-24)15-26-18(3)32/h4-14,31H,15H2,1-3H3,(H,26,32)(H2,27,28,29,30). The SMILES string of the molecule is CC(=O)NCc1ccc(S(=O)(=O)Nc2ccc(Nc3nc(C)cc(Nc4ccc(C)cc4)n3)cc2)s1. The summed E-state index contributed by atoms with van der Waals surface area (Å²) >= 11 is 1.11. The zero-order chi connectivity index (χ0) is 25.7. The predicted octanol–water partition coefficient (Wildman–Crippen LogP) is 5.08. The molecule has 4 rings (SSSR count). The molecule has 186 valence electrons. The molecule has 2 heterocycles. The predicted molar refractivity (Wildman–Crippen MR) is 144 cm³/mol. The molecule has 0 radical (unpaired) electrons. The van der Waals surface area contributed by atoms with Crippen molar-refractivity contribution in [3.8, 4) is 0 Å². The maximum absolute atomic E-state index is 12.7. The van der Waals surface area contributed by atoms with Crippen molar-refractivity contribution in [3.05, 3.63) is 82.9 Å². The van der Waals surface area contributed by atoms with Gasteiger partial charge >= 0.3 is 0 Å². The normalized spacial score (nSPS) is 11.1. The summed E-state index contributed by atoms with van der Waals surface area (Å²) < 4.78 is 28.2. The van der Waals surface area contributed by atoms with Crippen LogP contribution in [0.15, 0.2) is 70.9 Å². The number of carbonyl (C=O) groups is 1. The Balaban J connectivity index is 1.41. The number of amides is 1. The molecule has 0 saturated carbocycles. The van der Waals surface area contributed by atoms with Gasteiger partial charge in [0.15, 0.2) is 0 Å². The number of thiophene rings is 1. The molecule has 0 saturated heterocycles. The lowest BCUT2D eigenvalue weighted by Crippen LogP contribution is -2.18. The summed E-state index contributed by atoms with van der Waals surface area (Å²) in [4.78, 5) is 20.8. The molecule has 9 nitrogen and oxygen atoms in total. The van der Waals surface area contributed by atoms with E-state index in [0.29, 0.717) is 29.7 Å². The van der Waals surface area contributed by atoms with Gasteiger partial charge in [-0.3, -0.25) is 9.52 Å². The number of nitrogens with one attached hydrogen (secondary N) is 4. The van der Waals surface area contributed by atoms with Crippen LogP contribution in [0.1, 0.15) is 23.1 Å². The Morgan fingerprint density at radius 3 is 2.19 bits per heavy atom. The second-order valence-electron chi connectivity index (χ2n) is 8.15. The minimum Gasteiger partial charge on any atom is -0.351 e. The smallest absolute Gasteiger partial charge is 0.271 e. The molecule has 0 aliphatic carbocycles. The highest BCUT2D eigenvalue weighted by Gasteiger charge is 2.17. The molecule has 0 atom stereocenters. The monoisotopic (exact) mass is 522 g/mol. The Morgan fingerprint density at radius 2 is 1.50 bits per heavy atom. The first-order chi connectivity index (χ1) is 17.2. The zero-order valence-corrected chi connectivity index (χ0v) is 21.6. The van der Waals surface area contributed by atoms with Gasteiger partial charge in [-0.05, 0) is 62.4 Å². The summed E-state index contributed by atoms with van der Waals surface area (Å²) in [5.41, 5.74) is 4.02. The van der Waals surface area contributed by atoms with Crippen LogP contribution in [-0.2, 0) is 21.4 Å². The number of anilines is 5. The third-order valence-electron chi connectivity index (χ3n) is 4.98. The van der Waals surface area contributed by atoms with Crippen LogP contribution >= 0.6 is 11.3 Å². The number of sulfonamides is 1. The Hall–Kier alpha value is -3.96. The van der Waals surface area contributed by atoms with Gasteiger partial charge in [0.1, 0.15) is 10.0 Å². The molecule has 0 fully saturated rings. The molecule has 0 spiro atoms.